The van der Waals surface area contributed by atoms with Crippen molar-refractivity contribution in [3.8, 4) is 11.5 Å². The van der Waals surface area contributed by atoms with Crippen molar-refractivity contribution in [1.82, 2.24) is 0 Å². The fourth-order valence-electron chi connectivity index (χ4n) is 4.26. The molecule has 0 bridgehead atoms. The zero-order chi connectivity index (χ0) is 17.6. The first-order valence-corrected chi connectivity index (χ1v) is 9.44. The molecule has 4 heteroatoms. The Morgan fingerprint density at radius 2 is 2.00 bits per heavy atom. The van der Waals surface area contributed by atoms with E-state index in [2.05, 4.69) is 35.5 Å². The van der Waals surface area contributed by atoms with Crippen LogP contribution in [0.1, 0.15) is 54.9 Å². The summed E-state index contributed by atoms with van der Waals surface area (Å²) in [6, 6.07) is 14.6. The molecule has 1 fully saturated rings. The first kappa shape index (κ1) is 15.7. The minimum absolute atomic E-state index is 0.0271. The monoisotopic (exact) mass is 349 g/mol. The molecule has 134 valence electrons. The number of oxime groups is 1. The van der Waals surface area contributed by atoms with Gasteiger partial charge in [0.2, 0.25) is 0 Å². The van der Waals surface area contributed by atoms with Gasteiger partial charge in [0.25, 0.3) is 0 Å². The van der Waals surface area contributed by atoms with Crippen molar-refractivity contribution in [2.24, 2.45) is 5.16 Å². The molecule has 0 radical (unpaired) electrons. The van der Waals surface area contributed by atoms with Gasteiger partial charge in [0.05, 0.1) is 12.8 Å². The minimum Gasteiger partial charge on any atom is -0.493 e. The number of ether oxygens (including phenoxy) is 2. The highest BCUT2D eigenvalue weighted by Crippen LogP contribution is 2.44. The fraction of sp³-hybridized carbons (Fsp3) is 0.409. The third kappa shape index (κ3) is 2.56. The number of hydrogen-bond acceptors (Lipinski definition) is 4. The van der Waals surface area contributed by atoms with Gasteiger partial charge < -0.3 is 14.3 Å². The predicted molar refractivity (Wildman–Crippen MR) is 99.9 cm³/mol. The first-order valence-electron chi connectivity index (χ1n) is 9.44. The van der Waals surface area contributed by atoms with Crippen LogP contribution in [0.15, 0.2) is 47.6 Å². The summed E-state index contributed by atoms with van der Waals surface area (Å²) in [6.07, 6.45) is 6.49. The maximum atomic E-state index is 6.40. The molecule has 1 heterocycles. The highest BCUT2D eigenvalue weighted by molar-refractivity contribution is 6.02. The molecule has 1 aliphatic heterocycles. The van der Waals surface area contributed by atoms with Crippen molar-refractivity contribution in [1.29, 1.82) is 0 Å². The molecule has 0 N–H and O–H groups in total. The van der Waals surface area contributed by atoms with Gasteiger partial charge in [0, 0.05) is 12.0 Å². The lowest BCUT2D eigenvalue weighted by atomic mass is 9.76. The standard InChI is InChI=1S/C22H23NO3/c1-24-20-10-8-16(18-14-22(26-23-18)11-4-12-22)13-21(20)25-19-9-7-15-5-2-3-6-17(15)19/h2-3,5-6,8,10,13,19H,4,7,9,11-12,14H2,1H3. The molecule has 2 aromatic carbocycles. The number of fused-ring (bicyclic) bond motifs is 1. The van der Waals surface area contributed by atoms with Crippen LogP contribution in [-0.4, -0.2) is 18.4 Å². The summed E-state index contributed by atoms with van der Waals surface area (Å²) in [4.78, 5) is 5.74. The van der Waals surface area contributed by atoms with Gasteiger partial charge in [0.15, 0.2) is 11.5 Å². The summed E-state index contributed by atoms with van der Waals surface area (Å²) in [7, 11) is 1.68. The van der Waals surface area contributed by atoms with Crippen molar-refractivity contribution in [3.63, 3.8) is 0 Å². The molecule has 5 rings (SSSR count). The highest BCUT2D eigenvalue weighted by Gasteiger charge is 2.45. The fourth-order valence-corrected chi connectivity index (χ4v) is 4.26. The van der Waals surface area contributed by atoms with Crippen LogP contribution in [0.2, 0.25) is 0 Å². The zero-order valence-electron chi connectivity index (χ0n) is 15.0. The second kappa shape index (κ2) is 6.04. The van der Waals surface area contributed by atoms with Crippen molar-refractivity contribution in [2.75, 3.05) is 7.11 Å². The maximum absolute atomic E-state index is 6.40. The van der Waals surface area contributed by atoms with E-state index in [1.165, 1.54) is 17.5 Å². The second-order valence-electron chi connectivity index (χ2n) is 7.55. The highest BCUT2D eigenvalue weighted by atomic mass is 16.7. The second-order valence-corrected chi connectivity index (χ2v) is 7.55. The third-order valence-corrected chi connectivity index (χ3v) is 5.95. The Balaban J connectivity index is 1.41. The number of nitrogens with zero attached hydrogens (tertiary/aromatic N) is 1. The van der Waals surface area contributed by atoms with E-state index in [4.69, 9.17) is 14.3 Å². The van der Waals surface area contributed by atoms with Crippen LogP contribution in [0, 0.1) is 0 Å². The summed E-state index contributed by atoms with van der Waals surface area (Å²) in [5.41, 5.74) is 4.73. The van der Waals surface area contributed by atoms with E-state index < -0.39 is 0 Å². The zero-order valence-corrected chi connectivity index (χ0v) is 15.0. The lowest BCUT2D eigenvalue weighted by molar-refractivity contribution is -0.0755. The van der Waals surface area contributed by atoms with Crippen LogP contribution >= 0.6 is 0 Å². The van der Waals surface area contributed by atoms with E-state index in [0.717, 1.165) is 54.9 Å². The normalized spacial score (nSPS) is 22.3. The Labute approximate surface area is 153 Å². The van der Waals surface area contributed by atoms with E-state index >= 15 is 0 Å². The maximum Gasteiger partial charge on any atom is 0.162 e. The topological polar surface area (TPSA) is 40.0 Å². The summed E-state index contributed by atoms with van der Waals surface area (Å²) in [5.74, 6) is 1.54. The van der Waals surface area contributed by atoms with Crippen LogP contribution in [0.25, 0.3) is 0 Å². The Bertz CT molecular complexity index is 869. The van der Waals surface area contributed by atoms with Crippen LogP contribution in [0.3, 0.4) is 0 Å². The van der Waals surface area contributed by atoms with Crippen molar-refractivity contribution in [2.45, 2.75) is 50.2 Å². The Kier molecular flexibility index (Phi) is 3.66. The van der Waals surface area contributed by atoms with E-state index in [9.17, 15) is 0 Å². The predicted octanol–water partition coefficient (Wildman–Crippen LogP) is 4.81. The van der Waals surface area contributed by atoms with Gasteiger partial charge in [-0.2, -0.15) is 0 Å². The number of aryl methyl sites for hydroxylation is 1. The van der Waals surface area contributed by atoms with Gasteiger partial charge in [-0.3, -0.25) is 0 Å². The van der Waals surface area contributed by atoms with Gasteiger partial charge in [-0.05, 0) is 61.4 Å². The summed E-state index contributed by atoms with van der Waals surface area (Å²) < 4.78 is 11.9. The molecule has 1 saturated carbocycles. The Morgan fingerprint density at radius 1 is 1.12 bits per heavy atom. The van der Waals surface area contributed by atoms with Crippen LogP contribution in [-0.2, 0) is 11.3 Å². The molecule has 4 nitrogen and oxygen atoms in total. The smallest absolute Gasteiger partial charge is 0.162 e. The lowest BCUT2D eigenvalue weighted by Crippen LogP contribution is -2.36. The third-order valence-electron chi connectivity index (χ3n) is 5.95. The summed E-state index contributed by atoms with van der Waals surface area (Å²) in [5, 5.41) is 4.37. The van der Waals surface area contributed by atoms with Gasteiger partial charge >= 0.3 is 0 Å². The van der Waals surface area contributed by atoms with Crippen molar-refractivity contribution < 1.29 is 14.3 Å². The molecule has 26 heavy (non-hydrogen) atoms. The minimum atomic E-state index is -0.0271. The average molecular weight is 349 g/mol. The van der Waals surface area contributed by atoms with E-state index in [-0.39, 0.29) is 11.7 Å². The molecule has 1 spiro atoms. The average Bonchev–Trinajstić information content (AvgIpc) is 3.27. The molecule has 2 aliphatic carbocycles. The molecular formula is C22H23NO3. The Hall–Kier alpha value is -2.49. The van der Waals surface area contributed by atoms with Crippen LogP contribution < -0.4 is 9.47 Å². The number of benzene rings is 2. The molecule has 0 amide bonds. The molecule has 1 unspecified atom stereocenters. The van der Waals surface area contributed by atoms with Crippen LogP contribution in [0.5, 0.6) is 11.5 Å². The largest absolute Gasteiger partial charge is 0.493 e. The number of methoxy groups -OCH3 is 1. The van der Waals surface area contributed by atoms with Gasteiger partial charge in [-0.25, -0.2) is 0 Å². The quantitative estimate of drug-likeness (QED) is 0.795. The van der Waals surface area contributed by atoms with E-state index in [1.807, 2.05) is 12.1 Å². The van der Waals surface area contributed by atoms with Crippen LogP contribution in [0.4, 0.5) is 0 Å². The molecule has 0 aromatic heterocycles. The molecule has 2 aromatic rings. The number of hydrogen-bond donors (Lipinski definition) is 0. The summed E-state index contributed by atoms with van der Waals surface area (Å²) in [6.45, 7) is 0. The van der Waals surface area contributed by atoms with E-state index in [0.29, 0.717) is 0 Å². The molecule has 1 atom stereocenters. The SMILES string of the molecule is COc1ccc(C2=NOC3(CCC3)C2)cc1OC1CCc2ccccc21. The Morgan fingerprint density at radius 3 is 2.77 bits per heavy atom. The van der Waals surface area contributed by atoms with Crippen molar-refractivity contribution in [3.05, 3.63) is 59.2 Å². The molecular weight excluding hydrogens is 326 g/mol. The first-order chi connectivity index (χ1) is 12.8. The van der Waals surface area contributed by atoms with Gasteiger partial charge in [-0.15, -0.1) is 0 Å². The number of rotatable bonds is 4. The van der Waals surface area contributed by atoms with E-state index in [1.54, 1.807) is 7.11 Å². The summed E-state index contributed by atoms with van der Waals surface area (Å²) >= 11 is 0. The molecule has 3 aliphatic rings. The lowest BCUT2D eigenvalue weighted by Gasteiger charge is -2.34. The van der Waals surface area contributed by atoms with Gasteiger partial charge in [-0.1, -0.05) is 29.4 Å². The van der Waals surface area contributed by atoms with Gasteiger partial charge in [0.1, 0.15) is 11.7 Å². The van der Waals surface area contributed by atoms with Crippen molar-refractivity contribution >= 4 is 5.71 Å². The molecule has 0 saturated heterocycles.